The molecule has 174 valence electrons. The number of guanidine groups is 1. The number of esters is 1. The standard InChI is InChI=1S/C24H27ClN4O4/c1-3-33-23(31)20-21(16-8-10-17(25)11-9-16)26-24(27-22(20)30)29-14-12-28(13-15-29)18-6-4-5-7-19(18)32-2/h4-11,20-21H,3,12-15H2,1-2H3,(H,26,27,30)/t20-,21+/m0/s1. The number of halogens is 1. The second-order valence-corrected chi connectivity index (χ2v) is 8.25. The Balaban J connectivity index is 1.56. The van der Waals surface area contributed by atoms with Crippen molar-refractivity contribution in [2.24, 2.45) is 10.9 Å². The molecule has 2 aromatic carbocycles. The highest BCUT2D eigenvalue weighted by Gasteiger charge is 2.42. The van der Waals surface area contributed by atoms with Crippen LogP contribution < -0.4 is 15.0 Å². The zero-order chi connectivity index (χ0) is 23.4. The molecule has 2 atom stereocenters. The van der Waals surface area contributed by atoms with E-state index < -0.39 is 23.8 Å². The summed E-state index contributed by atoms with van der Waals surface area (Å²) in [4.78, 5) is 34.7. The molecule has 33 heavy (non-hydrogen) atoms. The Labute approximate surface area is 198 Å². The summed E-state index contributed by atoms with van der Waals surface area (Å²) in [5.74, 6) is -0.747. The van der Waals surface area contributed by atoms with Crippen molar-refractivity contribution in [1.82, 2.24) is 10.2 Å². The summed E-state index contributed by atoms with van der Waals surface area (Å²) in [6.07, 6.45) is 0. The molecule has 0 unspecified atom stereocenters. The number of nitrogens with one attached hydrogen (secondary N) is 1. The fourth-order valence-corrected chi connectivity index (χ4v) is 4.30. The van der Waals surface area contributed by atoms with E-state index in [1.165, 1.54) is 0 Å². The number of hydrogen-bond acceptors (Lipinski definition) is 7. The molecule has 0 aliphatic carbocycles. The van der Waals surface area contributed by atoms with Crippen molar-refractivity contribution >= 4 is 35.1 Å². The van der Waals surface area contributed by atoms with Gasteiger partial charge >= 0.3 is 5.97 Å². The molecule has 8 nitrogen and oxygen atoms in total. The highest BCUT2D eigenvalue weighted by Crippen LogP contribution is 2.32. The third kappa shape index (κ3) is 4.90. The number of para-hydroxylation sites is 2. The Morgan fingerprint density at radius 1 is 1.09 bits per heavy atom. The molecule has 2 heterocycles. The molecule has 1 saturated heterocycles. The van der Waals surface area contributed by atoms with Gasteiger partial charge in [0, 0.05) is 31.2 Å². The highest BCUT2D eigenvalue weighted by molar-refractivity contribution is 6.30. The first kappa shape index (κ1) is 22.9. The fraction of sp³-hybridized carbons (Fsp3) is 0.375. The predicted molar refractivity (Wildman–Crippen MR) is 127 cm³/mol. The molecular formula is C24H27ClN4O4. The van der Waals surface area contributed by atoms with Crippen LogP contribution in [0.2, 0.25) is 5.02 Å². The molecule has 1 amide bonds. The number of piperazine rings is 1. The molecule has 9 heteroatoms. The summed E-state index contributed by atoms with van der Waals surface area (Å²) in [7, 11) is 1.66. The van der Waals surface area contributed by atoms with Gasteiger partial charge in [-0.05, 0) is 36.8 Å². The van der Waals surface area contributed by atoms with E-state index in [0.29, 0.717) is 24.1 Å². The maximum Gasteiger partial charge on any atom is 0.321 e. The van der Waals surface area contributed by atoms with Crippen LogP contribution in [0.3, 0.4) is 0 Å². The lowest BCUT2D eigenvalue weighted by Gasteiger charge is -2.40. The molecular weight excluding hydrogens is 444 g/mol. The summed E-state index contributed by atoms with van der Waals surface area (Å²) >= 11 is 6.04. The number of hydrogen-bond donors (Lipinski definition) is 1. The highest BCUT2D eigenvalue weighted by atomic mass is 35.5. The molecule has 0 aromatic heterocycles. The van der Waals surface area contributed by atoms with Gasteiger partial charge in [0.1, 0.15) is 11.8 Å². The average molecular weight is 471 g/mol. The van der Waals surface area contributed by atoms with Crippen molar-refractivity contribution in [3.63, 3.8) is 0 Å². The second-order valence-electron chi connectivity index (χ2n) is 7.81. The third-order valence-corrected chi connectivity index (χ3v) is 6.10. The molecule has 0 radical (unpaired) electrons. The first-order chi connectivity index (χ1) is 16.0. The second kappa shape index (κ2) is 10.1. The number of carbonyl (C=O) groups is 2. The van der Waals surface area contributed by atoms with Crippen molar-refractivity contribution in [1.29, 1.82) is 0 Å². The Hall–Kier alpha value is -3.26. The van der Waals surface area contributed by atoms with Crippen LogP contribution in [0.4, 0.5) is 5.69 Å². The van der Waals surface area contributed by atoms with Gasteiger partial charge in [0.25, 0.3) is 0 Å². The lowest BCUT2D eigenvalue weighted by Crippen LogP contribution is -2.57. The molecule has 4 rings (SSSR count). The van der Waals surface area contributed by atoms with Gasteiger partial charge in [0.05, 0.1) is 19.4 Å². The van der Waals surface area contributed by atoms with Gasteiger partial charge in [-0.1, -0.05) is 35.9 Å². The van der Waals surface area contributed by atoms with Crippen LogP contribution >= 0.6 is 11.6 Å². The molecule has 0 bridgehead atoms. The minimum Gasteiger partial charge on any atom is -0.495 e. The summed E-state index contributed by atoms with van der Waals surface area (Å²) in [5.41, 5.74) is 1.77. The Bertz CT molecular complexity index is 1040. The van der Waals surface area contributed by atoms with Crippen LogP contribution in [0, 0.1) is 5.92 Å². The lowest BCUT2D eigenvalue weighted by molar-refractivity contribution is -0.153. The number of benzene rings is 2. The van der Waals surface area contributed by atoms with Crippen LogP contribution in [0.1, 0.15) is 18.5 Å². The number of methoxy groups -OCH3 is 1. The van der Waals surface area contributed by atoms with Crippen LogP contribution in [-0.2, 0) is 14.3 Å². The van der Waals surface area contributed by atoms with E-state index in [1.807, 2.05) is 29.2 Å². The molecule has 2 aromatic rings. The molecule has 1 N–H and O–H groups in total. The summed E-state index contributed by atoms with van der Waals surface area (Å²) in [5, 5.41) is 3.40. The zero-order valence-electron chi connectivity index (χ0n) is 18.7. The van der Waals surface area contributed by atoms with E-state index in [0.717, 1.165) is 30.1 Å². The number of rotatable bonds is 5. The van der Waals surface area contributed by atoms with E-state index in [1.54, 1.807) is 38.3 Å². The minimum atomic E-state index is -1.05. The first-order valence-electron chi connectivity index (χ1n) is 11.0. The Morgan fingerprint density at radius 3 is 2.42 bits per heavy atom. The van der Waals surface area contributed by atoms with Gasteiger partial charge in [-0.3, -0.25) is 14.9 Å². The Morgan fingerprint density at radius 2 is 1.76 bits per heavy atom. The van der Waals surface area contributed by atoms with Crippen molar-refractivity contribution in [2.45, 2.75) is 13.0 Å². The topological polar surface area (TPSA) is 83.5 Å². The van der Waals surface area contributed by atoms with Crippen molar-refractivity contribution in [2.75, 3.05) is 44.8 Å². The fourth-order valence-electron chi connectivity index (χ4n) is 4.18. The number of ether oxygens (including phenoxy) is 2. The van der Waals surface area contributed by atoms with Crippen LogP contribution in [-0.4, -0.2) is 62.6 Å². The summed E-state index contributed by atoms with van der Waals surface area (Å²) in [6, 6.07) is 14.3. The van der Waals surface area contributed by atoms with Gasteiger partial charge in [-0.15, -0.1) is 0 Å². The van der Waals surface area contributed by atoms with Crippen LogP contribution in [0.15, 0.2) is 53.5 Å². The molecule has 1 fully saturated rings. The van der Waals surface area contributed by atoms with Crippen LogP contribution in [0.25, 0.3) is 0 Å². The molecule has 2 aliphatic rings. The summed E-state index contributed by atoms with van der Waals surface area (Å²) < 4.78 is 10.7. The van der Waals surface area contributed by atoms with E-state index >= 15 is 0 Å². The maximum atomic E-state index is 13.0. The number of nitrogens with zero attached hydrogens (tertiary/aromatic N) is 3. The van der Waals surface area contributed by atoms with Gasteiger partial charge in [0.2, 0.25) is 11.9 Å². The third-order valence-electron chi connectivity index (χ3n) is 5.85. The van der Waals surface area contributed by atoms with E-state index in [2.05, 4.69) is 10.2 Å². The first-order valence-corrected chi connectivity index (χ1v) is 11.3. The normalized spacial score (nSPS) is 20.7. The lowest BCUT2D eigenvalue weighted by atomic mass is 9.91. The smallest absolute Gasteiger partial charge is 0.321 e. The average Bonchev–Trinajstić information content (AvgIpc) is 2.84. The van der Waals surface area contributed by atoms with Gasteiger partial charge < -0.3 is 19.3 Å². The van der Waals surface area contributed by atoms with Crippen molar-refractivity contribution in [3.05, 3.63) is 59.1 Å². The number of anilines is 1. The van der Waals surface area contributed by atoms with Gasteiger partial charge in [0.15, 0.2) is 5.92 Å². The van der Waals surface area contributed by atoms with Crippen molar-refractivity contribution < 1.29 is 19.1 Å². The monoisotopic (exact) mass is 470 g/mol. The van der Waals surface area contributed by atoms with Crippen LogP contribution in [0.5, 0.6) is 5.75 Å². The van der Waals surface area contributed by atoms with E-state index in [9.17, 15) is 9.59 Å². The Kier molecular flexibility index (Phi) is 7.03. The molecule has 0 saturated carbocycles. The minimum absolute atomic E-state index is 0.192. The van der Waals surface area contributed by atoms with Gasteiger partial charge in [-0.2, -0.15) is 0 Å². The number of amides is 1. The maximum absolute atomic E-state index is 13.0. The number of carbonyl (C=O) groups excluding carboxylic acids is 2. The van der Waals surface area contributed by atoms with Crippen molar-refractivity contribution in [3.8, 4) is 5.75 Å². The summed E-state index contributed by atoms with van der Waals surface area (Å²) in [6.45, 7) is 4.71. The largest absolute Gasteiger partial charge is 0.495 e. The van der Waals surface area contributed by atoms with Gasteiger partial charge in [-0.25, -0.2) is 4.99 Å². The number of aliphatic imine (C=N–C) groups is 1. The van der Waals surface area contributed by atoms with E-state index in [4.69, 9.17) is 26.1 Å². The zero-order valence-corrected chi connectivity index (χ0v) is 19.4. The molecule has 2 aliphatic heterocycles. The molecule has 0 spiro atoms. The SMILES string of the molecule is CCOC(=O)[C@@H]1C(=O)NC(N2CCN(c3ccccc3OC)CC2)=N[C@@H]1c1ccc(Cl)cc1. The predicted octanol–water partition coefficient (Wildman–Crippen LogP) is 2.88. The quantitative estimate of drug-likeness (QED) is 0.534. The van der Waals surface area contributed by atoms with E-state index in [-0.39, 0.29) is 6.61 Å².